The molecule has 0 N–H and O–H groups in total. The Balaban J connectivity index is 2.12. The highest BCUT2D eigenvalue weighted by molar-refractivity contribution is 6.99. The van der Waals surface area contributed by atoms with Crippen LogP contribution in [0.1, 0.15) is 47.0 Å². The van der Waals surface area contributed by atoms with Crippen molar-refractivity contribution in [3.05, 3.63) is 71.8 Å². The van der Waals surface area contributed by atoms with Crippen LogP contribution in [0.25, 0.3) is 0 Å². The summed E-state index contributed by atoms with van der Waals surface area (Å²) in [7, 11) is -2.54. The van der Waals surface area contributed by atoms with Crippen molar-refractivity contribution in [1.29, 1.82) is 0 Å². The fourth-order valence-electron chi connectivity index (χ4n) is 4.25. The Morgan fingerprint density at radius 3 is 1.93 bits per heavy atom. The lowest BCUT2D eigenvalue weighted by Gasteiger charge is -2.46. The summed E-state index contributed by atoms with van der Waals surface area (Å²) >= 11 is 0. The van der Waals surface area contributed by atoms with Crippen LogP contribution in [-0.4, -0.2) is 20.7 Å². The lowest BCUT2D eigenvalue weighted by molar-refractivity contribution is -0.105. The molecule has 3 rings (SSSR count). The van der Waals surface area contributed by atoms with Gasteiger partial charge in [0.15, 0.2) is 0 Å². The van der Waals surface area contributed by atoms with Gasteiger partial charge in [-0.3, -0.25) is 4.79 Å². The zero-order valence-electron chi connectivity index (χ0n) is 16.9. The van der Waals surface area contributed by atoms with Crippen molar-refractivity contribution in [3.8, 4) is 0 Å². The molecule has 1 unspecified atom stereocenters. The highest BCUT2D eigenvalue weighted by Crippen LogP contribution is 2.39. The van der Waals surface area contributed by atoms with Gasteiger partial charge in [0, 0.05) is 6.42 Å². The molecule has 0 saturated heterocycles. The van der Waals surface area contributed by atoms with Gasteiger partial charge in [0.2, 0.25) is 0 Å². The van der Waals surface area contributed by atoms with E-state index in [0.717, 1.165) is 31.1 Å². The lowest BCUT2D eigenvalue weighted by atomic mass is 9.92. The first kappa shape index (κ1) is 19.8. The summed E-state index contributed by atoms with van der Waals surface area (Å²) in [5, 5.41) is 2.55. The molecule has 0 saturated carbocycles. The third kappa shape index (κ3) is 3.85. The standard InChI is InChI=1S/C24H30O2Si/c1-19-15-16-21(17-20(19)18-25)26-27(24(2,3)4,22-11-7-5-8-12-22)23-13-9-6-10-14-23/h5-14,18,21H,15-17H2,1-4H3. The Bertz CT molecular complexity index is 764. The van der Waals surface area contributed by atoms with Crippen molar-refractivity contribution in [3.63, 3.8) is 0 Å². The molecule has 0 aromatic heterocycles. The fourth-order valence-corrected chi connectivity index (χ4v) is 8.97. The zero-order valence-corrected chi connectivity index (χ0v) is 17.9. The molecule has 0 heterocycles. The minimum absolute atomic E-state index is 0.0345. The summed E-state index contributed by atoms with van der Waals surface area (Å²) in [5.74, 6) is 0. The third-order valence-corrected chi connectivity index (χ3v) is 10.8. The van der Waals surface area contributed by atoms with Gasteiger partial charge in [-0.15, -0.1) is 0 Å². The van der Waals surface area contributed by atoms with Crippen molar-refractivity contribution in [2.24, 2.45) is 0 Å². The van der Waals surface area contributed by atoms with Gasteiger partial charge in [0.25, 0.3) is 8.32 Å². The van der Waals surface area contributed by atoms with Crippen molar-refractivity contribution >= 4 is 25.0 Å². The van der Waals surface area contributed by atoms with E-state index in [1.54, 1.807) is 0 Å². The monoisotopic (exact) mass is 378 g/mol. The van der Waals surface area contributed by atoms with E-state index in [-0.39, 0.29) is 11.1 Å². The topological polar surface area (TPSA) is 26.3 Å². The molecule has 2 nitrogen and oxygen atoms in total. The molecule has 0 radical (unpaired) electrons. The fraction of sp³-hybridized carbons (Fsp3) is 0.375. The molecule has 3 heteroatoms. The minimum atomic E-state index is -2.54. The highest BCUT2D eigenvalue weighted by Gasteiger charge is 2.51. The van der Waals surface area contributed by atoms with E-state index in [0.29, 0.717) is 0 Å². The molecule has 0 aliphatic heterocycles. The third-order valence-electron chi connectivity index (χ3n) is 5.74. The van der Waals surface area contributed by atoms with Gasteiger partial charge in [0.1, 0.15) is 6.29 Å². The molecule has 0 amide bonds. The number of carbonyl (C=O) groups excluding carboxylic acids is 1. The number of benzene rings is 2. The molecule has 1 atom stereocenters. The molecule has 2 aromatic carbocycles. The van der Waals surface area contributed by atoms with E-state index in [1.165, 1.54) is 15.9 Å². The van der Waals surface area contributed by atoms with Gasteiger partial charge < -0.3 is 4.43 Å². The second kappa shape index (κ2) is 7.95. The molecule has 1 aliphatic carbocycles. The van der Waals surface area contributed by atoms with Crippen LogP contribution in [0.2, 0.25) is 5.04 Å². The number of carbonyl (C=O) groups is 1. The number of aldehydes is 1. The van der Waals surface area contributed by atoms with Crippen molar-refractivity contribution in [2.45, 2.75) is 58.1 Å². The van der Waals surface area contributed by atoms with Gasteiger partial charge >= 0.3 is 0 Å². The Kier molecular flexibility index (Phi) is 5.83. The maximum absolute atomic E-state index is 11.5. The summed E-state index contributed by atoms with van der Waals surface area (Å²) in [4.78, 5) is 11.5. The maximum Gasteiger partial charge on any atom is 0.261 e. The molecule has 27 heavy (non-hydrogen) atoms. The van der Waals surface area contributed by atoms with Crippen molar-refractivity contribution in [1.82, 2.24) is 0 Å². The molecule has 0 bridgehead atoms. The van der Waals surface area contributed by atoms with Crippen LogP contribution in [0.4, 0.5) is 0 Å². The first-order valence-electron chi connectivity index (χ1n) is 9.81. The van der Waals surface area contributed by atoms with E-state index in [4.69, 9.17) is 4.43 Å². The van der Waals surface area contributed by atoms with Crippen molar-refractivity contribution in [2.75, 3.05) is 0 Å². The van der Waals surface area contributed by atoms with Gasteiger partial charge in [-0.2, -0.15) is 0 Å². The van der Waals surface area contributed by atoms with Crippen molar-refractivity contribution < 1.29 is 9.22 Å². The smallest absolute Gasteiger partial charge is 0.261 e. The maximum atomic E-state index is 11.5. The van der Waals surface area contributed by atoms with Crippen LogP contribution < -0.4 is 10.4 Å². The molecule has 2 aromatic rings. The van der Waals surface area contributed by atoms with E-state index in [2.05, 4.69) is 88.4 Å². The first-order valence-corrected chi connectivity index (χ1v) is 11.7. The predicted octanol–water partition coefficient (Wildman–Crippen LogP) is 4.63. The Hall–Kier alpha value is -1.97. The predicted molar refractivity (Wildman–Crippen MR) is 115 cm³/mol. The van der Waals surface area contributed by atoms with Crippen LogP contribution >= 0.6 is 0 Å². The first-order chi connectivity index (χ1) is 12.9. The van der Waals surface area contributed by atoms with E-state index >= 15 is 0 Å². The lowest BCUT2D eigenvalue weighted by Crippen LogP contribution is -2.67. The average molecular weight is 379 g/mol. The summed E-state index contributed by atoms with van der Waals surface area (Å²) < 4.78 is 7.14. The Labute approximate surface area is 164 Å². The number of hydrogen-bond acceptors (Lipinski definition) is 2. The van der Waals surface area contributed by atoms with Crippen LogP contribution in [0.15, 0.2) is 71.8 Å². The zero-order chi connectivity index (χ0) is 19.5. The molecule has 1 aliphatic rings. The molecular formula is C24H30O2Si. The SMILES string of the molecule is CC1=C(C=O)CC(O[Si](c2ccccc2)(c2ccccc2)C(C)(C)C)CC1. The minimum Gasteiger partial charge on any atom is -0.404 e. The number of allylic oxidation sites excluding steroid dienone is 1. The van der Waals surface area contributed by atoms with Gasteiger partial charge in [-0.05, 0) is 40.8 Å². The normalized spacial score (nSPS) is 18.4. The quantitative estimate of drug-likeness (QED) is 0.560. The summed E-state index contributed by atoms with van der Waals surface area (Å²) in [6, 6.07) is 21.4. The summed E-state index contributed by atoms with van der Waals surface area (Å²) in [6.45, 7) is 8.96. The number of rotatable bonds is 5. The summed E-state index contributed by atoms with van der Waals surface area (Å²) in [5.41, 5.74) is 2.14. The average Bonchev–Trinajstić information content (AvgIpc) is 2.67. The van der Waals surface area contributed by atoms with Gasteiger partial charge in [-0.1, -0.05) is 87.0 Å². The van der Waals surface area contributed by atoms with Crippen LogP contribution in [0.3, 0.4) is 0 Å². The van der Waals surface area contributed by atoms with E-state index in [1.807, 2.05) is 0 Å². The van der Waals surface area contributed by atoms with Crippen LogP contribution in [0.5, 0.6) is 0 Å². The number of hydrogen-bond donors (Lipinski definition) is 0. The molecule has 0 spiro atoms. The second-order valence-corrected chi connectivity index (χ2v) is 12.8. The van der Waals surface area contributed by atoms with Gasteiger partial charge in [-0.25, -0.2) is 0 Å². The van der Waals surface area contributed by atoms with E-state index < -0.39 is 8.32 Å². The largest absolute Gasteiger partial charge is 0.404 e. The van der Waals surface area contributed by atoms with E-state index in [9.17, 15) is 4.79 Å². The van der Waals surface area contributed by atoms with Gasteiger partial charge in [0.05, 0.1) is 6.10 Å². The Morgan fingerprint density at radius 2 is 1.48 bits per heavy atom. The molecular weight excluding hydrogens is 348 g/mol. The highest BCUT2D eigenvalue weighted by atomic mass is 28.4. The molecule has 0 fully saturated rings. The van der Waals surface area contributed by atoms with Crippen LogP contribution in [0, 0.1) is 0 Å². The molecule has 142 valence electrons. The summed E-state index contributed by atoms with van der Waals surface area (Å²) in [6.07, 6.45) is 3.75. The van der Waals surface area contributed by atoms with Crippen LogP contribution in [-0.2, 0) is 9.22 Å². The Morgan fingerprint density at radius 1 is 0.963 bits per heavy atom. The second-order valence-electron chi connectivity index (χ2n) is 8.57.